The smallest absolute Gasteiger partial charge is 0.254 e. The van der Waals surface area contributed by atoms with Crippen LogP contribution in [-0.4, -0.2) is 11.9 Å². The van der Waals surface area contributed by atoms with Crippen LogP contribution in [0.4, 0.5) is 4.39 Å². The second-order valence-corrected chi connectivity index (χ2v) is 6.75. The first-order valence-corrected chi connectivity index (χ1v) is 7.49. The average molecular weight is 277 g/mol. The fourth-order valence-electron chi connectivity index (χ4n) is 2.68. The third-order valence-corrected chi connectivity index (χ3v) is 4.02. The molecule has 1 aliphatic carbocycles. The molecule has 0 bridgehead atoms. The molecule has 0 spiro atoms. The zero-order valence-electron chi connectivity index (χ0n) is 12.6. The van der Waals surface area contributed by atoms with Gasteiger partial charge in [-0.1, -0.05) is 46.1 Å². The van der Waals surface area contributed by atoms with Gasteiger partial charge in [0.2, 0.25) is 0 Å². The van der Waals surface area contributed by atoms with Crippen LogP contribution < -0.4 is 5.32 Å². The molecule has 1 saturated carbocycles. The number of hydrogen-bond donors (Lipinski definition) is 1. The number of benzene rings is 1. The molecule has 110 valence electrons. The molecule has 0 aromatic heterocycles. The number of carbonyl (C=O) groups is 1. The predicted octanol–water partition coefficient (Wildman–Crippen LogP) is 4.19. The van der Waals surface area contributed by atoms with E-state index in [1.807, 2.05) is 0 Å². The van der Waals surface area contributed by atoms with Crippen LogP contribution in [0.2, 0.25) is 0 Å². The molecule has 3 heteroatoms. The molecule has 1 fully saturated rings. The van der Waals surface area contributed by atoms with Gasteiger partial charge in [-0.2, -0.15) is 0 Å². The van der Waals surface area contributed by atoms with Crippen molar-refractivity contribution in [3.63, 3.8) is 0 Å². The van der Waals surface area contributed by atoms with Gasteiger partial charge >= 0.3 is 0 Å². The number of halogens is 1. The predicted molar refractivity (Wildman–Crippen MR) is 79.4 cm³/mol. The van der Waals surface area contributed by atoms with E-state index in [-0.39, 0.29) is 22.9 Å². The van der Waals surface area contributed by atoms with Crippen molar-refractivity contribution in [2.45, 2.75) is 64.3 Å². The summed E-state index contributed by atoms with van der Waals surface area (Å²) >= 11 is 0. The number of hydrogen-bond acceptors (Lipinski definition) is 1. The van der Waals surface area contributed by atoms with Crippen LogP contribution in [-0.2, 0) is 5.41 Å². The molecule has 1 N–H and O–H groups in total. The van der Waals surface area contributed by atoms with Gasteiger partial charge in [-0.25, -0.2) is 4.39 Å². The molecule has 20 heavy (non-hydrogen) atoms. The van der Waals surface area contributed by atoms with Crippen molar-refractivity contribution >= 4 is 5.91 Å². The summed E-state index contributed by atoms with van der Waals surface area (Å²) in [6.45, 7) is 6.18. The lowest BCUT2D eigenvalue weighted by atomic mass is 9.86. The number of nitrogens with one attached hydrogen (secondary N) is 1. The van der Waals surface area contributed by atoms with Crippen LogP contribution in [0.15, 0.2) is 18.2 Å². The minimum absolute atomic E-state index is 0.0897. The molecule has 2 rings (SSSR count). The minimum atomic E-state index is -0.439. The molecular formula is C17H24FNO. The van der Waals surface area contributed by atoms with Gasteiger partial charge in [0.25, 0.3) is 5.91 Å². The maximum absolute atomic E-state index is 13.9. The summed E-state index contributed by atoms with van der Waals surface area (Å²) in [4.78, 5) is 12.3. The normalized spacial score (nSPS) is 17.0. The highest BCUT2D eigenvalue weighted by Gasteiger charge is 2.21. The molecule has 2 nitrogen and oxygen atoms in total. The van der Waals surface area contributed by atoms with Crippen LogP contribution in [0.3, 0.4) is 0 Å². The van der Waals surface area contributed by atoms with Crippen molar-refractivity contribution in [2.75, 3.05) is 0 Å². The van der Waals surface area contributed by atoms with E-state index in [0.29, 0.717) is 0 Å². The fraction of sp³-hybridized carbons (Fsp3) is 0.588. The van der Waals surface area contributed by atoms with Crippen LogP contribution in [0.5, 0.6) is 0 Å². The van der Waals surface area contributed by atoms with Crippen molar-refractivity contribution in [3.8, 4) is 0 Å². The van der Waals surface area contributed by atoms with Gasteiger partial charge in [0.05, 0.1) is 5.56 Å². The Balaban J connectivity index is 2.16. The zero-order chi connectivity index (χ0) is 14.8. The topological polar surface area (TPSA) is 29.1 Å². The van der Waals surface area contributed by atoms with Crippen LogP contribution in [0, 0.1) is 5.82 Å². The number of amides is 1. The Bertz CT molecular complexity index is 484. The van der Waals surface area contributed by atoms with Crippen molar-refractivity contribution < 1.29 is 9.18 Å². The Morgan fingerprint density at radius 1 is 1.20 bits per heavy atom. The van der Waals surface area contributed by atoms with Gasteiger partial charge < -0.3 is 5.32 Å². The van der Waals surface area contributed by atoms with Crippen LogP contribution in [0.25, 0.3) is 0 Å². The summed E-state index contributed by atoms with van der Waals surface area (Å²) in [7, 11) is 0. The molecule has 0 atom stereocenters. The highest BCUT2D eigenvalue weighted by molar-refractivity contribution is 5.94. The summed E-state index contributed by atoms with van der Waals surface area (Å²) in [5.74, 6) is -0.716. The molecule has 1 aromatic carbocycles. The Kier molecular flexibility index (Phi) is 4.46. The molecule has 1 amide bonds. The van der Waals surface area contributed by atoms with Gasteiger partial charge in [-0.05, 0) is 36.0 Å². The Labute approximate surface area is 120 Å². The second-order valence-electron chi connectivity index (χ2n) is 6.75. The Hall–Kier alpha value is -1.38. The summed E-state index contributed by atoms with van der Waals surface area (Å²) in [6, 6.07) is 5.05. The summed E-state index contributed by atoms with van der Waals surface area (Å²) in [5, 5.41) is 2.98. The third kappa shape index (κ3) is 3.59. The lowest BCUT2D eigenvalue weighted by Crippen LogP contribution is -2.36. The second kappa shape index (κ2) is 5.94. The van der Waals surface area contributed by atoms with Crippen molar-refractivity contribution in [1.29, 1.82) is 0 Å². The Morgan fingerprint density at radius 2 is 1.85 bits per heavy atom. The van der Waals surface area contributed by atoms with E-state index in [2.05, 4.69) is 26.1 Å². The van der Waals surface area contributed by atoms with E-state index in [9.17, 15) is 9.18 Å². The van der Waals surface area contributed by atoms with Gasteiger partial charge in [0, 0.05) is 6.04 Å². The van der Waals surface area contributed by atoms with Crippen molar-refractivity contribution in [1.82, 2.24) is 5.32 Å². The molecule has 1 aromatic rings. The summed E-state index contributed by atoms with van der Waals surface area (Å²) in [6.07, 6.45) is 5.55. The van der Waals surface area contributed by atoms with Crippen molar-refractivity contribution in [3.05, 3.63) is 35.1 Å². The van der Waals surface area contributed by atoms with Gasteiger partial charge in [0.15, 0.2) is 0 Å². The fourth-order valence-corrected chi connectivity index (χ4v) is 2.68. The summed E-state index contributed by atoms with van der Waals surface area (Å²) < 4.78 is 13.9. The monoisotopic (exact) mass is 277 g/mol. The lowest BCUT2D eigenvalue weighted by Gasteiger charge is -2.24. The van der Waals surface area contributed by atoms with Crippen molar-refractivity contribution in [2.24, 2.45) is 0 Å². The molecule has 0 heterocycles. The van der Waals surface area contributed by atoms with E-state index in [1.165, 1.54) is 12.5 Å². The molecule has 0 unspecified atom stereocenters. The van der Waals surface area contributed by atoms with Crippen LogP contribution in [0.1, 0.15) is 68.8 Å². The first-order valence-electron chi connectivity index (χ1n) is 7.49. The standard InChI is InChI=1S/C17H24FNO/c1-17(2,3)12-9-10-15(18)14(11-12)16(20)19-13-7-5-4-6-8-13/h9-11,13H,4-8H2,1-3H3,(H,19,20). The highest BCUT2D eigenvalue weighted by Crippen LogP contribution is 2.25. The average Bonchev–Trinajstić information content (AvgIpc) is 2.39. The quantitative estimate of drug-likeness (QED) is 0.863. The molecule has 0 saturated heterocycles. The third-order valence-electron chi connectivity index (χ3n) is 4.02. The SMILES string of the molecule is CC(C)(C)c1ccc(F)c(C(=O)NC2CCCCC2)c1. The molecule has 1 aliphatic rings. The van der Waals surface area contributed by atoms with Gasteiger partial charge in [-0.15, -0.1) is 0 Å². The lowest BCUT2D eigenvalue weighted by molar-refractivity contribution is 0.0923. The van der Waals surface area contributed by atoms with Crippen LogP contribution >= 0.6 is 0 Å². The minimum Gasteiger partial charge on any atom is -0.349 e. The van der Waals surface area contributed by atoms with E-state index in [0.717, 1.165) is 31.2 Å². The van der Waals surface area contributed by atoms with Gasteiger partial charge in [-0.3, -0.25) is 4.79 Å². The maximum Gasteiger partial charge on any atom is 0.254 e. The van der Waals surface area contributed by atoms with E-state index >= 15 is 0 Å². The largest absolute Gasteiger partial charge is 0.349 e. The van der Waals surface area contributed by atoms with E-state index < -0.39 is 5.82 Å². The number of carbonyl (C=O) groups excluding carboxylic acids is 1. The first kappa shape index (κ1) is 15.0. The Morgan fingerprint density at radius 3 is 2.45 bits per heavy atom. The van der Waals surface area contributed by atoms with E-state index in [4.69, 9.17) is 0 Å². The zero-order valence-corrected chi connectivity index (χ0v) is 12.6. The van der Waals surface area contributed by atoms with Gasteiger partial charge in [0.1, 0.15) is 5.82 Å². The maximum atomic E-state index is 13.9. The molecule has 0 aliphatic heterocycles. The highest BCUT2D eigenvalue weighted by atomic mass is 19.1. The van der Waals surface area contributed by atoms with E-state index in [1.54, 1.807) is 12.1 Å². The molecule has 0 radical (unpaired) electrons. The summed E-state index contributed by atoms with van der Waals surface area (Å²) in [5.41, 5.74) is 1.06. The molecular weight excluding hydrogens is 253 g/mol. The first-order chi connectivity index (χ1) is 9.38. The number of rotatable bonds is 2.